The van der Waals surface area contributed by atoms with Crippen molar-refractivity contribution >= 4 is 23.3 Å². The smallest absolute Gasteiger partial charge is 0.230 e. The van der Waals surface area contributed by atoms with Crippen LogP contribution >= 0.6 is 0 Å². The van der Waals surface area contributed by atoms with Crippen LogP contribution < -0.4 is 21.1 Å². The molecule has 1 atom stereocenters. The largest absolute Gasteiger partial charge is 0.544 e. The summed E-state index contributed by atoms with van der Waals surface area (Å²) in [4.78, 5) is 23.2. The molecular formula is C19H22FN3O3. The summed E-state index contributed by atoms with van der Waals surface area (Å²) < 4.78 is 12.8. The lowest BCUT2D eigenvalue weighted by atomic mass is 10.2. The first-order chi connectivity index (χ1) is 12.4. The number of hydrogen-bond donors (Lipinski definition) is 3. The summed E-state index contributed by atoms with van der Waals surface area (Å²) in [6.45, 7) is 3.01. The average Bonchev–Trinajstić information content (AvgIpc) is 2.59. The van der Waals surface area contributed by atoms with Crippen molar-refractivity contribution in [1.82, 2.24) is 0 Å². The highest BCUT2D eigenvalue weighted by molar-refractivity contribution is 5.93. The van der Waals surface area contributed by atoms with Crippen molar-refractivity contribution in [1.29, 1.82) is 0 Å². The van der Waals surface area contributed by atoms with E-state index in [4.69, 9.17) is 0 Å². The van der Waals surface area contributed by atoms with E-state index in [1.807, 2.05) is 31.2 Å². The second-order valence-electron chi connectivity index (χ2n) is 6.01. The molecule has 0 aliphatic rings. The zero-order valence-electron chi connectivity index (χ0n) is 14.5. The Hall–Kier alpha value is -2.93. The van der Waals surface area contributed by atoms with E-state index in [0.29, 0.717) is 18.8 Å². The van der Waals surface area contributed by atoms with Gasteiger partial charge in [-0.1, -0.05) is 12.1 Å². The van der Waals surface area contributed by atoms with Gasteiger partial charge in [-0.25, -0.2) is 4.39 Å². The number of carbonyl (C=O) groups is 2. The van der Waals surface area contributed by atoms with Gasteiger partial charge in [0.15, 0.2) is 0 Å². The number of nitrogens with one attached hydrogen (secondary N) is 2. The maximum Gasteiger partial charge on any atom is 0.230 e. The number of aliphatic carboxylic acids is 1. The third-order valence-corrected chi connectivity index (χ3v) is 3.78. The highest BCUT2D eigenvalue weighted by Crippen LogP contribution is 2.09. The Morgan fingerprint density at radius 3 is 2.54 bits per heavy atom. The lowest BCUT2D eigenvalue weighted by molar-refractivity contribution is -0.680. The van der Waals surface area contributed by atoms with Gasteiger partial charge in [-0.3, -0.25) is 4.79 Å². The number of quaternary nitrogens is 1. The van der Waals surface area contributed by atoms with Gasteiger partial charge in [0.2, 0.25) is 5.91 Å². The number of rotatable bonds is 9. The molecule has 0 fully saturated rings. The van der Waals surface area contributed by atoms with Crippen molar-refractivity contribution in [2.75, 3.05) is 23.7 Å². The Morgan fingerprint density at radius 1 is 1.15 bits per heavy atom. The SMILES string of the molecule is Cc1cccc(NCC[NH2+][C@@H](CC(=O)Nc2ccc(F)cc2)C(=O)[O-])c1. The first kappa shape index (κ1) is 19.4. The third kappa shape index (κ3) is 6.52. The molecule has 4 N–H and O–H groups in total. The third-order valence-electron chi connectivity index (χ3n) is 3.78. The maximum atomic E-state index is 12.8. The number of nitrogens with two attached hydrogens (primary N) is 1. The fourth-order valence-electron chi connectivity index (χ4n) is 2.46. The van der Waals surface area contributed by atoms with Crippen LogP contribution in [0.4, 0.5) is 15.8 Å². The minimum absolute atomic E-state index is 0.232. The van der Waals surface area contributed by atoms with Gasteiger partial charge in [0.25, 0.3) is 0 Å². The standard InChI is InChI=1S/C19H22FN3O3/c1-13-3-2-4-16(11-13)21-9-10-22-17(19(25)26)12-18(24)23-15-7-5-14(20)6-8-15/h2-8,11,17,21-22H,9-10,12H2,1H3,(H,23,24)(H,25,26)/t17-/m0/s1. The molecule has 1 amide bonds. The van der Waals surface area contributed by atoms with Crippen LogP contribution in [0.3, 0.4) is 0 Å². The Morgan fingerprint density at radius 2 is 1.88 bits per heavy atom. The van der Waals surface area contributed by atoms with Gasteiger partial charge in [-0.15, -0.1) is 0 Å². The zero-order chi connectivity index (χ0) is 18.9. The molecule has 0 aliphatic heterocycles. The van der Waals surface area contributed by atoms with Crippen molar-refractivity contribution in [3.63, 3.8) is 0 Å². The van der Waals surface area contributed by atoms with Crippen LogP contribution in [-0.2, 0) is 9.59 Å². The Balaban J connectivity index is 1.77. The number of halogens is 1. The first-order valence-electron chi connectivity index (χ1n) is 8.34. The summed E-state index contributed by atoms with van der Waals surface area (Å²) in [5.41, 5.74) is 2.50. The molecule has 0 heterocycles. The van der Waals surface area contributed by atoms with Crippen LogP contribution in [-0.4, -0.2) is 31.0 Å². The highest BCUT2D eigenvalue weighted by Gasteiger charge is 2.18. The molecule has 0 radical (unpaired) electrons. The number of anilines is 2. The average molecular weight is 359 g/mol. The van der Waals surface area contributed by atoms with Crippen LogP contribution in [0, 0.1) is 12.7 Å². The summed E-state index contributed by atoms with van der Waals surface area (Å²) >= 11 is 0. The van der Waals surface area contributed by atoms with Crippen LogP contribution in [0.15, 0.2) is 48.5 Å². The van der Waals surface area contributed by atoms with Gasteiger partial charge in [0.1, 0.15) is 11.9 Å². The van der Waals surface area contributed by atoms with Gasteiger partial charge < -0.3 is 25.9 Å². The molecule has 7 heteroatoms. The molecule has 138 valence electrons. The monoisotopic (exact) mass is 359 g/mol. The summed E-state index contributed by atoms with van der Waals surface area (Å²) in [5.74, 6) is -2.17. The molecule has 0 spiro atoms. The number of benzene rings is 2. The van der Waals surface area contributed by atoms with E-state index in [2.05, 4.69) is 10.6 Å². The van der Waals surface area contributed by atoms with Crippen LogP contribution in [0.1, 0.15) is 12.0 Å². The number of hydrogen-bond acceptors (Lipinski definition) is 4. The number of aryl methyl sites for hydroxylation is 1. The first-order valence-corrected chi connectivity index (χ1v) is 8.34. The summed E-state index contributed by atoms with van der Waals surface area (Å²) in [6, 6.07) is 12.1. The molecule has 0 bridgehead atoms. The molecule has 0 aliphatic carbocycles. The van der Waals surface area contributed by atoms with Crippen molar-refractivity contribution in [2.24, 2.45) is 0 Å². The predicted octanol–water partition coefficient (Wildman–Crippen LogP) is 0.257. The number of amides is 1. The molecule has 26 heavy (non-hydrogen) atoms. The summed E-state index contributed by atoms with van der Waals surface area (Å²) in [6.07, 6.45) is -0.232. The maximum absolute atomic E-state index is 12.8. The molecule has 2 aromatic carbocycles. The fourth-order valence-corrected chi connectivity index (χ4v) is 2.46. The molecular weight excluding hydrogens is 337 g/mol. The predicted molar refractivity (Wildman–Crippen MR) is 94.9 cm³/mol. The topological polar surface area (TPSA) is 97.9 Å². The number of carboxylic acid groups (broad SMARTS) is 1. The molecule has 0 aromatic heterocycles. The van der Waals surface area contributed by atoms with Crippen molar-refractivity contribution in [3.05, 3.63) is 59.9 Å². The van der Waals surface area contributed by atoms with Gasteiger partial charge >= 0.3 is 0 Å². The molecule has 0 unspecified atom stereocenters. The molecule has 0 saturated heterocycles. The number of carbonyl (C=O) groups excluding carboxylic acids is 2. The number of carboxylic acids is 1. The van der Waals surface area contributed by atoms with Crippen molar-refractivity contribution in [2.45, 2.75) is 19.4 Å². The normalized spacial score (nSPS) is 11.6. The Kier molecular flexibility index (Phi) is 7.11. The van der Waals surface area contributed by atoms with E-state index < -0.39 is 23.7 Å². The van der Waals surface area contributed by atoms with Crippen molar-refractivity contribution in [3.8, 4) is 0 Å². The minimum Gasteiger partial charge on any atom is -0.544 e. The van der Waals surface area contributed by atoms with Gasteiger partial charge in [0.05, 0.1) is 25.5 Å². The second-order valence-corrected chi connectivity index (χ2v) is 6.01. The van der Waals surface area contributed by atoms with E-state index in [1.54, 1.807) is 5.32 Å². The second kappa shape index (κ2) is 9.53. The highest BCUT2D eigenvalue weighted by atomic mass is 19.1. The van der Waals surface area contributed by atoms with E-state index in [1.165, 1.54) is 24.3 Å². The van der Waals surface area contributed by atoms with Crippen LogP contribution in [0.25, 0.3) is 0 Å². The van der Waals surface area contributed by atoms with E-state index >= 15 is 0 Å². The quantitative estimate of drug-likeness (QED) is 0.559. The lowest BCUT2D eigenvalue weighted by Crippen LogP contribution is -2.94. The molecule has 6 nitrogen and oxygen atoms in total. The lowest BCUT2D eigenvalue weighted by Gasteiger charge is -2.17. The van der Waals surface area contributed by atoms with E-state index in [-0.39, 0.29) is 6.42 Å². The van der Waals surface area contributed by atoms with Gasteiger partial charge in [-0.2, -0.15) is 0 Å². The molecule has 2 rings (SSSR count). The summed E-state index contributed by atoms with van der Waals surface area (Å²) in [7, 11) is 0. The zero-order valence-corrected chi connectivity index (χ0v) is 14.5. The van der Waals surface area contributed by atoms with E-state index in [0.717, 1.165) is 11.3 Å². The fraction of sp³-hybridized carbons (Fsp3) is 0.263. The Bertz CT molecular complexity index is 750. The van der Waals surface area contributed by atoms with Gasteiger partial charge in [0, 0.05) is 11.4 Å². The van der Waals surface area contributed by atoms with Gasteiger partial charge in [-0.05, 0) is 48.9 Å². The minimum atomic E-state index is -1.30. The molecule has 2 aromatic rings. The summed E-state index contributed by atoms with van der Waals surface area (Å²) in [5, 5.41) is 18.5. The Labute approximate surface area is 151 Å². The molecule has 0 saturated carbocycles. The van der Waals surface area contributed by atoms with Crippen LogP contribution in [0.5, 0.6) is 0 Å². The van der Waals surface area contributed by atoms with E-state index in [9.17, 15) is 19.1 Å². The van der Waals surface area contributed by atoms with Crippen molar-refractivity contribution < 1.29 is 24.4 Å². The van der Waals surface area contributed by atoms with Crippen LogP contribution in [0.2, 0.25) is 0 Å².